The Hall–Kier alpha value is -5.94. The monoisotopic (exact) mass is 624 g/mol. The zero-order valence-corrected chi connectivity index (χ0v) is 27.0. The normalized spacial score (nSPS) is 11.8. The molecule has 232 valence electrons. The van der Waals surface area contributed by atoms with Gasteiger partial charge in [0.05, 0.1) is 11.0 Å². The summed E-state index contributed by atoms with van der Waals surface area (Å²) in [6.07, 6.45) is 0. The molecule has 8 aromatic rings. The largest absolute Gasteiger partial charge is 0.309 e. The zero-order chi connectivity index (χ0) is 32.8. The quantitative estimate of drug-likeness (QED) is 0.191. The number of aromatic nitrogens is 4. The number of para-hydroxylation sites is 1. The summed E-state index contributed by atoms with van der Waals surface area (Å²) in [4.78, 5) is 15.1. The molecule has 0 amide bonds. The molecular formula is C43H33FN4. The Bertz CT molecular complexity index is 2380. The number of rotatable bonds is 5. The highest BCUT2D eigenvalue weighted by Gasteiger charge is 2.21. The maximum atomic E-state index is 14.7. The number of nitrogens with zero attached hydrogens (tertiary/aromatic N) is 4. The average Bonchev–Trinajstić information content (AvgIpc) is 3.45. The fraction of sp³-hybridized carbons (Fsp3) is 0.0930. The van der Waals surface area contributed by atoms with Crippen LogP contribution in [-0.2, 0) is 5.41 Å². The molecule has 4 nitrogen and oxygen atoms in total. The second-order valence-corrected chi connectivity index (χ2v) is 13.1. The first-order chi connectivity index (χ1) is 23.3. The van der Waals surface area contributed by atoms with Gasteiger partial charge in [-0.3, -0.25) is 0 Å². The van der Waals surface area contributed by atoms with Gasteiger partial charge in [-0.25, -0.2) is 19.3 Å². The van der Waals surface area contributed by atoms with Gasteiger partial charge >= 0.3 is 0 Å². The molecule has 0 aliphatic carbocycles. The molecule has 0 bridgehead atoms. The lowest BCUT2D eigenvalue weighted by atomic mass is 9.86. The van der Waals surface area contributed by atoms with E-state index in [1.807, 2.05) is 66.7 Å². The summed E-state index contributed by atoms with van der Waals surface area (Å²) in [7, 11) is 0. The summed E-state index contributed by atoms with van der Waals surface area (Å²) < 4.78 is 17.0. The molecule has 2 aromatic heterocycles. The lowest BCUT2D eigenvalue weighted by molar-refractivity contribution is 0.591. The van der Waals surface area contributed by atoms with Crippen molar-refractivity contribution in [2.24, 2.45) is 0 Å². The molecule has 0 saturated carbocycles. The minimum Gasteiger partial charge on any atom is -0.309 e. The van der Waals surface area contributed by atoms with E-state index in [4.69, 9.17) is 15.0 Å². The fourth-order valence-corrected chi connectivity index (χ4v) is 6.41. The van der Waals surface area contributed by atoms with Gasteiger partial charge in [-0.1, -0.05) is 130 Å². The first-order valence-corrected chi connectivity index (χ1v) is 16.1. The Balaban J connectivity index is 1.43. The van der Waals surface area contributed by atoms with Gasteiger partial charge in [-0.15, -0.1) is 0 Å². The predicted molar refractivity (Wildman–Crippen MR) is 195 cm³/mol. The Kier molecular flexibility index (Phi) is 7.18. The van der Waals surface area contributed by atoms with Crippen LogP contribution in [0.4, 0.5) is 4.39 Å². The minimum atomic E-state index is -0.301. The van der Waals surface area contributed by atoms with Gasteiger partial charge in [0.25, 0.3) is 0 Å². The Morgan fingerprint density at radius 2 is 1.08 bits per heavy atom. The van der Waals surface area contributed by atoms with Crippen molar-refractivity contribution < 1.29 is 4.39 Å². The number of hydrogen-bond acceptors (Lipinski definition) is 3. The number of hydrogen-bond donors (Lipinski definition) is 0. The van der Waals surface area contributed by atoms with Crippen LogP contribution in [0.5, 0.6) is 0 Å². The molecule has 0 aliphatic heterocycles. The topological polar surface area (TPSA) is 43.6 Å². The van der Waals surface area contributed by atoms with E-state index in [0.29, 0.717) is 17.5 Å². The number of fused-ring (bicyclic) bond motifs is 3. The van der Waals surface area contributed by atoms with E-state index in [2.05, 4.69) is 86.0 Å². The lowest BCUT2D eigenvalue weighted by Crippen LogP contribution is -2.10. The van der Waals surface area contributed by atoms with Crippen LogP contribution in [0.25, 0.3) is 72.8 Å². The Morgan fingerprint density at radius 1 is 0.479 bits per heavy atom. The first kappa shape index (κ1) is 29.5. The van der Waals surface area contributed by atoms with E-state index in [9.17, 15) is 4.39 Å². The summed E-state index contributed by atoms with van der Waals surface area (Å²) in [6, 6.07) is 48.2. The minimum absolute atomic E-state index is 0.0194. The van der Waals surface area contributed by atoms with Crippen molar-refractivity contribution in [1.82, 2.24) is 19.5 Å². The molecule has 8 rings (SSSR count). The van der Waals surface area contributed by atoms with Crippen molar-refractivity contribution in [2.45, 2.75) is 26.2 Å². The molecule has 0 radical (unpaired) electrons. The lowest BCUT2D eigenvalue weighted by Gasteiger charge is -2.20. The fourth-order valence-electron chi connectivity index (χ4n) is 6.41. The standard InChI is InChI=1S/C43H33FN4/c1-43(2,3)31-21-23-36-35-19-10-11-20-38(35)48(39(36)26-31)33-22-24-34(30-17-12-18-32(44)25-30)37(27-33)42-46-40(28-13-6-4-7-14-28)45-41(47-42)29-15-8-5-9-16-29/h4-27H,1-3H3. The van der Waals surface area contributed by atoms with Crippen molar-refractivity contribution in [1.29, 1.82) is 0 Å². The molecule has 48 heavy (non-hydrogen) atoms. The van der Waals surface area contributed by atoms with Gasteiger partial charge in [-0.05, 0) is 58.5 Å². The smallest absolute Gasteiger partial charge is 0.164 e. The highest BCUT2D eigenvalue weighted by atomic mass is 19.1. The maximum Gasteiger partial charge on any atom is 0.164 e. The van der Waals surface area contributed by atoms with Crippen molar-refractivity contribution in [2.75, 3.05) is 0 Å². The van der Waals surface area contributed by atoms with Crippen molar-refractivity contribution in [3.8, 4) is 51.0 Å². The van der Waals surface area contributed by atoms with E-state index >= 15 is 0 Å². The molecule has 0 fully saturated rings. The van der Waals surface area contributed by atoms with E-state index < -0.39 is 0 Å². The summed E-state index contributed by atoms with van der Waals surface area (Å²) in [5.41, 5.74) is 8.57. The SMILES string of the molecule is CC(C)(C)c1ccc2c3ccccc3n(-c3ccc(-c4cccc(F)c4)c(-c4nc(-c5ccccc5)nc(-c5ccccc5)n4)c3)c2c1. The Labute approximate surface area is 279 Å². The summed E-state index contributed by atoms with van der Waals surface area (Å²) in [5, 5.41) is 2.37. The molecule has 0 saturated heterocycles. The molecule has 2 heterocycles. The van der Waals surface area contributed by atoms with E-state index in [1.54, 1.807) is 12.1 Å². The summed E-state index contributed by atoms with van der Waals surface area (Å²) >= 11 is 0. The second kappa shape index (κ2) is 11.7. The second-order valence-electron chi connectivity index (χ2n) is 13.1. The third-order valence-electron chi connectivity index (χ3n) is 8.88. The van der Waals surface area contributed by atoms with Crippen molar-refractivity contribution in [3.63, 3.8) is 0 Å². The zero-order valence-electron chi connectivity index (χ0n) is 27.0. The molecule has 6 aromatic carbocycles. The Morgan fingerprint density at radius 3 is 1.75 bits per heavy atom. The third-order valence-corrected chi connectivity index (χ3v) is 8.88. The molecule has 0 aliphatic rings. The molecule has 0 unspecified atom stereocenters. The molecular weight excluding hydrogens is 591 g/mol. The van der Waals surface area contributed by atoms with Crippen LogP contribution in [0.15, 0.2) is 146 Å². The van der Waals surface area contributed by atoms with Crippen molar-refractivity contribution >= 4 is 21.8 Å². The van der Waals surface area contributed by atoms with E-state index in [-0.39, 0.29) is 11.2 Å². The molecule has 0 atom stereocenters. The van der Waals surface area contributed by atoms with Crippen molar-refractivity contribution in [3.05, 3.63) is 157 Å². The van der Waals surface area contributed by atoms with Gasteiger partial charge in [0.15, 0.2) is 17.5 Å². The molecule has 0 N–H and O–H groups in total. The van der Waals surface area contributed by atoms with Crippen LogP contribution < -0.4 is 0 Å². The third kappa shape index (κ3) is 5.33. The maximum absolute atomic E-state index is 14.7. The van der Waals surface area contributed by atoms with Crippen LogP contribution in [0.3, 0.4) is 0 Å². The number of halogens is 1. The van der Waals surface area contributed by atoms with Crippen LogP contribution in [-0.4, -0.2) is 19.5 Å². The van der Waals surface area contributed by atoms with E-state index in [0.717, 1.165) is 44.5 Å². The van der Waals surface area contributed by atoms with Gasteiger partial charge in [0.1, 0.15) is 5.82 Å². The first-order valence-electron chi connectivity index (χ1n) is 16.1. The predicted octanol–water partition coefficient (Wildman–Crippen LogP) is 11.1. The molecule has 0 spiro atoms. The van der Waals surface area contributed by atoms with E-state index in [1.165, 1.54) is 22.4 Å². The summed E-state index contributed by atoms with van der Waals surface area (Å²) in [5.74, 6) is 1.36. The van der Waals surface area contributed by atoms with Gasteiger partial charge in [0, 0.05) is 33.2 Å². The van der Waals surface area contributed by atoms with Crippen LogP contribution in [0.1, 0.15) is 26.3 Å². The average molecular weight is 625 g/mol. The highest BCUT2D eigenvalue weighted by Crippen LogP contribution is 2.39. The van der Waals surface area contributed by atoms with Gasteiger partial charge in [-0.2, -0.15) is 0 Å². The van der Waals surface area contributed by atoms with Gasteiger partial charge < -0.3 is 4.57 Å². The van der Waals surface area contributed by atoms with Crippen LogP contribution in [0.2, 0.25) is 0 Å². The van der Waals surface area contributed by atoms with Crippen LogP contribution >= 0.6 is 0 Å². The van der Waals surface area contributed by atoms with Crippen LogP contribution in [0, 0.1) is 5.82 Å². The highest BCUT2D eigenvalue weighted by molar-refractivity contribution is 6.09. The molecule has 5 heteroatoms. The summed E-state index contributed by atoms with van der Waals surface area (Å²) in [6.45, 7) is 6.72. The number of benzene rings is 6. The van der Waals surface area contributed by atoms with Gasteiger partial charge in [0.2, 0.25) is 0 Å².